The monoisotopic (exact) mass is 251 g/mol. The number of rotatable bonds is 7. The molecule has 1 rings (SSSR count). The molecule has 0 spiro atoms. The van der Waals surface area contributed by atoms with Crippen LogP contribution in [0.25, 0.3) is 0 Å². The molecule has 1 N–H and O–H groups in total. The van der Waals surface area contributed by atoms with Crippen molar-refractivity contribution in [1.82, 2.24) is 0 Å². The van der Waals surface area contributed by atoms with Gasteiger partial charge in [-0.25, -0.2) is 0 Å². The van der Waals surface area contributed by atoms with Crippen LogP contribution < -0.4 is 9.64 Å². The predicted octanol–water partition coefficient (Wildman–Crippen LogP) is 2.69. The molecule has 0 fully saturated rings. The van der Waals surface area contributed by atoms with E-state index in [-0.39, 0.29) is 6.42 Å². The summed E-state index contributed by atoms with van der Waals surface area (Å²) >= 11 is 0. The first-order valence-electron chi connectivity index (χ1n) is 6.19. The van der Waals surface area contributed by atoms with Crippen molar-refractivity contribution in [2.24, 2.45) is 0 Å². The molecule has 4 nitrogen and oxygen atoms in total. The van der Waals surface area contributed by atoms with Gasteiger partial charge in [0, 0.05) is 13.1 Å². The smallest absolute Gasteiger partial charge is 0.305 e. The highest BCUT2D eigenvalue weighted by Crippen LogP contribution is 2.29. The minimum atomic E-state index is -0.775. The fourth-order valence-corrected chi connectivity index (χ4v) is 1.90. The van der Waals surface area contributed by atoms with Gasteiger partial charge in [0.1, 0.15) is 5.75 Å². The lowest BCUT2D eigenvalue weighted by atomic mass is 10.1. The maximum atomic E-state index is 10.7. The van der Waals surface area contributed by atoms with E-state index in [0.717, 1.165) is 30.0 Å². The Balaban J connectivity index is 2.95. The lowest BCUT2D eigenvalue weighted by molar-refractivity contribution is -0.136. The van der Waals surface area contributed by atoms with Gasteiger partial charge in [0.25, 0.3) is 0 Å². The van der Waals surface area contributed by atoms with Crippen molar-refractivity contribution < 1.29 is 14.6 Å². The highest BCUT2D eigenvalue weighted by atomic mass is 16.5. The third-order valence-electron chi connectivity index (χ3n) is 2.76. The molecule has 0 unspecified atom stereocenters. The molecule has 0 atom stereocenters. The molecule has 18 heavy (non-hydrogen) atoms. The molecule has 0 amide bonds. The first-order chi connectivity index (χ1) is 8.58. The van der Waals surface area contributed by atoms with Gasteiger partial charge in [0.2, 0.25) is 0 Å². The van der Waals surface area contributed by atoms with Gasteiger partial charge in [-0.3, -0.25) is 4.79 Å². The summed E-state index contributed by atoms with van der Waals surface area (Å²) in [5.74, 6) is 0.0159. The van der Waals surface area contributed by atoms with E-state index in [4.69, 9.17) is 9.84 Å². The van der Waals surface area contributed by atoms with Crippen LogP contribution in [0.2, 0.25) is 0 Å². The Kier molecular flexibility index (Phi) is 5.49. The van der Waals surface area contributed by atoms with Crippen LogP contribution in [-0.4, -0.2) is 31.3 Å². The summed E-state index contributed by atoms with van der Waals surface area (Å²) < 4.78 is 5.35. The first kappa shape index (κ1) is 14.4. The Bertz CT molecular complexity index is 404. The van der Waals surface area contributed by atoms with E-state index in [2.05, 4.69) is 11.8 Å². The summed E-state index contributed by atoms with van der Waals surface area (Å²) in [6, 6.07) is 5.95. The summed E-state index contributed by atoms with van der Waals surface area (Å²) in [6.45, 7) is 5.43. The van der Waals surface area contributed by atoms with E-state index in [0.29, 0.717) is 6.54 Å². The number of nitrogens with zero attached hydrogens (tertiary/aromatic N) is 1. The van der Waals surface area contributed by atoms with Crippen LogP contribution in [0.5, 0.6) is 5.75 Å². The predicted molar refractivity (Wildman–Crippen MR) is 72.5 cm³/mol. The standard InChI is InChI=1S/C14H21NO3/c1-4-8-15(9-7-14(16)17)12-10-11(2)5-6-13(12)18-3/h5-6,10H,4,7-9H2,1-3H3,(H,16,17). The fourth-order valence-electron chi connectivity index (χ4n) is 1.90. The Morgan fingerprint density at radius 3 is 2.67 bits per heavy atom. The molecule has 1 aromatic carbocycles. The second kappa shape index (κ2) is 6.89. The zero-order chi connectivity index (χ0) is 13.5. The first-order valence-corrected chi connectivity index (χ1v) is 6.19. The van der Waals surface area contributed by atoms with Crippen LogP contribution in [0.1, 0.15) is 25.3 Å². The third kappa shape index (κ3) is 3.95. The van der Waals surface area contributed by atoms with Crippen molar-refractivity contribution in [2.45, 2.75) is 26.7 Å². The van der Waals surface area contributed by atoms with Crippen molar-refractivity contribution in [3.05, 3.63) is 23.8 Å². The second-order valence-corrected chi connectivity index (χ2v) is 4.31. The number of aryl methyl sites for hydroxylation is 1. The van der Waals surface area contributed by atoms with Gasteiger partial charge in [-0.05, 0) is 31.0 Å². The summed E-state index contributed by atoms with van der Waals surface area (Å²) in [4.78, 5) is 12.8. The van der Waals surface area contributed by atoms with Crippen molar-refractivity contribution >= 4 is 11.7 Å². The lowest BCUT2D eigenvalue weighted by Gasteiger charge is -2.25. The van der Waals surface area contributed by atoms with Gasteiger partial charge in [-0.15, -0.1) is 0 Å². The molecule has 0 aliphatic carbocycles. The number of aliphatic carboxylic acids is 1. The fraction of sp³-hybridized carbons (Fsp3) is 0.500. The third-order valence-corrected chi connectivity index (χ3v) is 2.76. The van der Waals surface area contributed by atoms with Crippen molar-refractivity contribution in [2.75, 3.05) is 25.1 Å². The van der Waals surface area contributed by atoms with Crippen LogP contribution in [0.15, 0.2) is 18.2 Å². The van der Waals surface area contributed by atoms with Gasteiger partial charge >= 0.3 is 5.97 Å². The number of carboxylic acids is 1. The molecule has 0 heterocycles. The van der Waals surface area contributed by atoms with Gasteiger partial charge in [0.05, 0.1) is 19.2 Å². The molecule has 0 aliphatic rings. The molecule has 0 aliphatic heterocycles. The van der Waals surface area contributed by atoms with E-state index in [1.807, 2.05) is 25.1 Å². The van der Waals surface area contributed by atoms with Gasteiger partial charge in [-0.1, -0.05) is 13.0 Å². The maximum absolute atomic E-state index is 10.7. The Labute approximate surface area is 108 Å². The minimum absolute atomic E-state index is 0.136. The molecular formula is C14H21NO3. The SMILES string of the molecule is CCCN(CCC(=O)O)c1cc(C)ccc1OC. The summed E-state index contributed by atoms with van der Waals surface area (Å²) in [6.07, 6.45) is 1.10. The summed E-state index contributed by atoms with van der Waals surface area (Å²) in [5.41, 5.74) is 2.11. The van der Waals surface area contributed by atoms with Crippen LogP contribution in [-0.2, 0) is 4.79 Å². The van der Waals surface area contributed by atoms with Crippen LogP contribution in [0, 0.1) is 6.92 Å². The zero-order valence-corrected chi connectivity index (χ0v) is 11.3. The molecular weight excluding hydrogens is 230 g/mol. The highest BCUT2D eigenvalue weighted by molar-refractivity contribution is 5.68. The molecule has 1 aromatic rings. The Morgan fingerprint density at radius 2 is 2.11 bits per heavy atom. The van der Waals surface area contributed by atoms with Crippen molar-refractivity contribution in [3.8, 4) is 5.75 Å². The van der Waals surface area contributed by atoms with E-state index in [9.17, 15) is 4.79 Å². The van der Waals surface area contributed by atoms with Crippen LogP contribution >= 0.6 is 0 Å². The Morgan fingerprint density at radius 1 is 1.39 bits per heavy atom. The second-order valence-electron chi connectivity index (χ2n) is 4.31. The highest BCUT2D eigenvalue weighted by Gasteiger charge is 2.12. The van der Waals surface area contributed by atoms with Crippen LogP contribution in [0.4, 0.5) is 5.69 Å². The number of hydrogen-bond acceptors (Lipinski definition) is 3. The average molecular weight is 251 g/mol. The lowest BCUT2D eigenvalue weighted by Crippen LogP contribution is -2.27. The number of carboxylic acid groups (broad SMARTS) is 1. The number of hydrogen-bond donors (Lipinski definition) is 1. The number of ether oxygens (including phenoxy) is 1. The minimum Gasteiger partial charge on any atom is -0.495 e. The molecule has 0 radical (unpaired) electrons. The molecule has 0 saturated heterocycles. The molecule has 0 saturated carbocycles. The zero-order valence-electron chi connectivity index (χ0n) is 11.3. The van der Waals surface area contributed by atoms with Crippen molar-refractivity contribution in [1.29, 1.82) is 0 Å². The topological polar surface area (TPSA) is 49.8 Å². The molecule has 0 aromatic heterocycles. The van der Waals surface area contributed by atoms with Gasteiger partial charge < -0.3 is 14.7 Å². The average Bonchev–Trinajstić information content (AvgIpc) is 2.34. The normalized spacial score (nSPS) is 10.2. The molecule has 100 valence electrons. The Hall–Kier alpha value is -1.71. The van der Waals surface area contributed by atoms with Gasteiger partial charge in [-0.2, -0.15) is 0 Å². The summed E-state index contributed by atoms with van der Waals surface area (Å²) in [5, 5.41) is 8.80. The van der Waals surface area contributed by atoms with E-state index >= 15 is 0 Å². The van der Waals surface area contributed by atoms with Crippen molar-refractivity contribution in [3.63, 3.8) is 0 Å². The largest absolute Gasteiger partial charge is 0.495 e. The quantitative estimate of drug-likeness (QED) is 0.809. The number of anilines is 1. The van der Waals surface area contributed by atoms with Gasteiger partial charge in [0.15, 0.2) is 0 Å². The number of benzene rings is 1. The van der Waals surface area contributed by atoms with E-state index < -0.39 is 5.97 Å². The number of carbonyl (C=O) groups is 1. The maximum Gasteiger partial charge on any atom is 0.305 e. The summed E-state index contributed by atoms with van der Waals surface area (Å²) in [7, 11) is 1.63. The van der Waals surface area contributed by atoms with Crippen LogP contribution in [0.3, 0.4) is 0 Å². The molecule has 4 heteroatoms. The molecule has 0 bridgehead atoms. The number of methoxy groups -OCH3 is 1. The van der Waals surface area contributed by atoms with E-state index in [1.54, 1.807) is 7.11 Å². The van der Waals surface area contributed by atoms with E-state index in [1.165, 1.54) is 0 Å².